The maximum absolute atomic E-state index is 12.7. The molecule has 150 valence electrons. The van der Waals surface area contributed by atoms with Gasteiger partial charge in [0.25, 0.3) is 5.91 Å². The topological polar surface area (TPSA) is 88.5 Å². The van der Waals surface area contributed by atoms with Gasteiger partial charge in [0, 0.05) is 20.1 Å². The Morgan fingerprint density at radius 1 is 1.21 bits per heavy atom. The molecule has 0 saturated carbocycles. The van der Waals surface area contributed by atoms with Gasteiger partial charge in [0.05, 0.1) is 12.6 Å². The lowest BCUT2D eigenvalue weighted by molar-refractivity contribution is -0.127. The Balaban J connectivity index is 1.63. The fourth-order valence-electron chi connectivity index (χ4n) is 4.15. The van der Waals surface area contributed by atoms with Crippen LogP contribution in [0.3, 0.4) is 0 Å². The fourth-order valence-corrected chi connectivity index (χ4v) is 4.15. The number of imide groups is 1. The average molecular weight is 385 g/mol. The van der Waals surface area contributed by atoms with E-state index < -0.39 is 24.3 Å². The summed E-state index contributed by atoms with van der Waals surface area (Å²) in [6, 6.07) is 8.34. The number of piperidine rings is 1. The fraction of sp³-hybridized carbons (Fsp3) is 0.550. The first kappa shape index (κ1) is 18.7. The van der Waals surface area contributed by atoms with E-state index in [0.29, 0.717) is 11.9 Å². The highest BCUT2D eigenvalue weighted by molar-refractivity contribution is 6.03. The van der Waals surface area contributed by atoms with Crippen molar-refractivity contribution in [3.8, 4) is 0 Å². The molecule has 2 fully saturated rings. The first-order valence-corrected chi connectivity index (χ1v) is 9.85. The van der Waals surface area contributed by atoms with Crippen LogP contribution in [0.1, 0.15) is 31.4 Å². The maximum Gasteiger partial charge on any atom is 0.325 e. The lowest BCUT2D eigenvalue weighted by Gasteiger charge is -2.40. The third kappa shape index (κ3) is 3.32. The Labute approximate surface area is 164 Å². The van der Waals surface area contributed by atoms with Crippen LogP contribution in [-0.4, -0.2) is 76.6 Å². The summed E-state index contributed by atoms with van der Waals surface area (Å²) in [5.74, 6) is 1.00. The zero-order valence-corrected chi connectivity index (χ0v) is 16.3. The van der Waals surface area contributed by atoms with Crippen molar-refractivity contribution in [1.29, 1.82) is 0 Å². The number of aliphatic imine (C=N–C) groups is 1. The molecule has 2 saturated heterocycles. The lowest BCUT2D eigenvalue weighted by Crippen LogP contribution is -2.64. The minimum Gasteiger partial charge on any atom is -0.387 e. The molecule has 3 heterocycles. The van der Waals surface area contributed by atoms with E-state index in [1.54, 1.807) is 7.05 Å². The predicted octanol–water partition coefficient (Wildman–Crippen LogP) is 1.000. The number of aliphatic hydroxyl groups excluding tert-OH is 1. The first-order valence-electron chi connectivity index (χ1n) is 9.85. The van der Waals surface area contributed by atoms with Gasteiger partial charge in [-0.1, -0.05) is 37.3 Å². The van der Waals surface area contributed by atoms with Gasteiger partial charge in [0.2, 0.25) is 0 Å². The summed E-state index contributed by atoms with van der Waals surface area (Å²) in [6.45, 7) is 4.20. The number of nitrogens with one attached hydrogen (secondary N) is 1. The highest BCUT2D eigenvalue weighted by Crippen LogP contribution is 2.29. The molecule has 0 spiro atoms. The SMILES string of the molecule is CC1CCN(C2=NC3C(C(=O)NC(=O)N3C)N2CC(O)c2ccccc2)CC1. The molecule has 1 aromatic carbocycles. The Bertz CT molecular complexity index is 775. The van der Waals surface area contributed by atoms with E-state index in [9.17, 15) is 14.7 Å². The summed E-state index contributed by atoms with van der Waals surface area (Å²) >= 11 is 0. The molecule has 0 bridgehead atoms. The predicted molar refractivity (Wildman–Crippen MR) is 104 cm³/mol. The van der Waals surface area contributed by atoms with Gasteiger partial charge >= 0.3 is 6.03 Å². The van der Waals surface area contributed by atoms with Crippen molar-refractivity contribution < 1.29 is 14.7 Å². The van der Waals surface area contributed by atoms with Crippen molar-refractivity contribution in [3.63, 3.8) is 0 Å². The Morgan fingerprint density at radius 3 is 2.57 bits per heavy atom. The van der Waals surface area contributed by atoms with Crippen LogP contribution >= 0.6 is 0 Å². The molecule has 3 unspecified atom stereocenters. The van der Waals surface area contributed by atoms with Crippen LogP contribution in [0, 0.1) is 5.92 Å². The number of guanidine groups is 1. The average Bonchev–Trinajstić information content (AvgIpc) is 3.07. The van der Waals surface area contributed by atoms with E-state index >= 15 is 0 Å². The number of benzene rings is 1. The molecule has 2 N–H and O–H groups in total. The van der Waals surface area contributed by atoms with Gasteiger partial charge in [-0.05, 0) is 24.3 Å². The summed E-state index contributed by atoms with van der Waals surface area (Å²) in [6.07, 6.45) is 0.789. The molecule has 3 aliphatic rings. The van der Waals surface area contributed by atoms with Gasteiger partial charge < -0.3 is 19.8 Å². The number of likely N-dealkylation sites (N-methyl/N-ethyl adjacent to an activating group) is 1. The summed E-state index contributed by atoms with van der Waals surface area (Å²) in [5.41, 5.74) is 0.790. The van der Waals surface area contributed by atoms with E-state index in [1.165, 1.54) is 4.90 Å². The van der Waals surface area contributed by atoms with E-state index in [-0.39, 0.29) is 12.5 Å². The third-order valence-electron chi connectivity index (χ3n) is 5.96. The minimum atomic E-state index is -0.760. The third-order valence-corrected chi connectivity index (χ3v) is 5.96. The van der Waals surface area contributed by atoms with Gasteiger partial charge in [-0.25, -0.2) is 9.79 Å². The van der Waals surface area contributed by atoms with E-state index in [0.717, 1.165) is 31.5 Å². The number of hydrogen-bond donors (Lipinski definition) is 2. The standard InChI is InChI=1S/C20H27N5O3/c1-13-8-10-24(11-9-13)19-21-17-16(18(27)22-20(28)23(17)2)25(19)12-15(26)14-6-4-3-5-7-14/h3-7,13,15-17,26H,8-12H2,1-2H3,(H,22,27,28). The van der Waals surface area contributed by atoms with Crippen molar-refractivity contribution in [2.75, 3.05) is 26.7 Å². The number of carbonyl (C=O) groups is 2. The molecule has 3 aliphatic heterocycles. The zero-order valence-electron chi connectivity index (χ0n) is 16.3. The Hall–Kier alpha value is -2.61. The Kier molecular flexibility index (Phi) is 4.97. The second-order valence-electron chi connectivity index (χ2n) is 7.94. The molecule has 0 aromatic heterocycles. The molecule has 0 radical (unpaired) electrons. The van der Waals surface area contributed by atoms with Crippen LogP contribution in [0.4, 0.5) is 4.79 Å². The van der Waals surface area contributed by atoms with Gasteiger partial charge in [0.15, 0.2) is 18.2 Å². The molecular formula is C20H27N5O3. The number of likely N-dealkylation sites (tertiary alicyclic amines) is 1. The van der Waals surface area contributed by atoms with Crippen molar-refractivity contribution in [3.05, 3.63) is 35.9 Å². The molecule has 4 rings (SSSR count). The summed E-state index contributed by atoms with van der Waals surface area (Å²) in [4.78, 5) is 35.0. The normalized spacial score (nSPS) is 26.8. The minimum absolute atomic E-state index is 0.242. The molecule has 3 amide bonds. The second-order valence-corrected chi connectivity index (χ2v) is 7.94. The zero-order chi connectivity index (χ0) is 19.8. The van der Waals surface area contributed by atoms with Gasteiger partial charge in [0.1, 0.15) is 0 Å². The number of nitrogens with zero attached hydrogens (tertiary/aromatic N) is 4. The van der Waals surface area contributed by atoms with Crippen molar-refractivity contribution in [1.82, 2.24) is 20.0 Å². The van der Waals surface area contributed by atoms with Crippen LogP contribution in [-0.2, 0) is 4.79 Å². The molecule has 28 heavy (non-hydrogen) atoms. The number of amides is 3. The molecular weight excluding hydrogens is 358 g/mol. The van der Waals surface area contributed by atoms with Gasteiger partial charge in [-0.3, -0.25) is 10.1 Å². The van der Waals surface area contributed by atoms with Crippen LogP contribution in [0.15, 0.2) is 35.3 Å². The van der Waals surface area contributed by atoms with Crippen molar-refractivity contribution >= 4 is 17.9 Å². The summed E-state index contributed by atoms with van der Waals surface area (Å²) in [5, 5.41) is 13.2. The summed E-state index contributed by atoms with van der Waals surface area (Å²) in [7, 11) is 1.65. The first-order chi connectivity index (χ1) is 13.5. The molecule has 0 aliphatic carbocycles. The number of hydrogen-bond acceptors (Lipinski definition) is 6. The number of rotatable bonds is 3. The number of aliphatic hydroxyl groups is 1. The smallest absolute Gasteiger partial charge is 0.325 e. The number of urea groups is 1. The van der Waals surface area contributed by atoms with Gasteiger partial charge in [-0.15, -0.1) is 0 Å². The highest BCUT2D eigenvalue weighted by Gasteiger charge is 2.50. The van der Waals surface area contributed by atoms with E-state index in [2.05, 4.69) is 17.1 Å². The molecule has 1 aromatic rings. The van der Waals surface area contributed by atoms with Crippen molar-refractivity contribution in [2.24, 2.45) is 10.9 Å². The van der Waals surface area contributed by atoms with Crippen LogP contribution < -0.4 is 5.32 Å². The number of fused-ring (bicyclic) bond motifs is 1. The van der Waals surface area contributed by atoms with Crippen molar-refractivity contribution in [2.45, 2.75) is 38.1 Å². The van der Waals surface area contributed by atoms with Crippen LogP contribution in [0.25, 0.3) is 0 Å². The molecule has 3 atom stereocenters. The monoisotopic (exact) mass is 385 g/mol. The number of carbonyl (C=O) groups excluding carboxylic acids is 2. The van der Waals surface area contributed by atoms with Gasteiger partial charge in [-0.2, -0.15) is 0 Å². The van der Waals surface area contributed by atoms with Crippen LogP contribution in [0.2, 0.25) is 0 Å². The Morgan fingerprint density at radius 2 is 1.89 bits per heavy atom. The maximum atomic E-state index is 12.7. The van der Waals surface area contributed by atoms with E-state index in [1.807, 2.05) is 35.2 Å². The second kappa shape index (κ2) is 7.43. The number of β-amino-alcohol motifs (C(OH)–C–C–N with tert-alkyl or cyclic N) is 1. The lowest BCUT2D eigenvalue weighted by atomic mass is 9.99. The largest absolute Gasteiger partial charge is 0.387 e. The van der Waals surface area contributed by atoms with E-state index in [4.69, 9.17) is 4.99 Å². The van der Waals surface area contributed by atoms with Crippen LogP contribution in [0.5, 0.6) is 0 Å². The molecule has 8 nitrogen and oxygen atoms in total. The highest BCUT2D eigenvalue weighted by atomic mass is 16.3. The quantitative estimate of drug-likeness (QED) is 0.810. The summed E-state index contributed by atoms with van der Waals surface area (Å²) < 4.78 is 0. The molecule has 8 heteroatoms.